The van der Waals surface area contributed by atoms with Gasteiger partial charge < -0.3 is 18.0 Å². The Morgan fingerprint density at radius 1 is 0.906 bits per heavy atom. The summed E-state index contributed by atoms with van der Waals surface area (Å²) in [5, 5.41) is 18.1. The van der Waals surface area contributed by atoms with Crippen molar-refractivity contribution >= 4 is 103 Å². The Morgan fingerprint density at radius 2 is 1.34 bits per heavy atom. The predicted molar refractivity (Wildman–Crippen MR) is 121 cm³/mol. The first kappa shape index (κ1) is 33.2. The van der Waals surface area contributed by atoms with Gasteiger partial charge in [0, 0.05) is 10.0 Å². The van der Waals surface area contributed by atoms with E-state index >= 15 is 0 Å². The minimum Gasteiger partial charge on any atom is -1.00 e. The monoisotopic (exact) mass is 646 g/mol. The molecule has 0 radical (unpaired) electrons. The number of anilines is 1. The first-order chi connectivity index (χ1) is 13.7. The summed E-state index contributed by atoms with van der Waals surface area (Å²) in [6.45, 7) is -1.07. The van der Waals surface area contributed by atoms with Crippen molar-refractivity contribution in [1.29, 1.82) is 0 Å². The van der Waals surface area contributed by atoms with Gasteiger partial charge >= 0.3 is 71.1 Å². The average molecular weight is 650 g/mol. The third kappa shape index (κ3) is 9.68. The number of hydrogen-bond donors (Lipinski definition) is 2. The summed E-state index contributed by atoms with van der Waals surface area (Å²) < 4.78 is -3.70. The van der Waals surface area contributed by atoms with E-state index in [1.165, 1.54) is 18.2 Å². The van der Waals surface area contributed by atoms with E-state index in [0.717, 1.165) is 4.90 Å². The SMILES string of the molecule is O=C(O)CN(CC(=O)O)c1ccc(-c2nc(C(Cl)(Cl)Cl)nc(C(Cl)(Cl)Cl)n2)cc1Br.[H-].[H-].[Na+].[Na+]. The van der Waals surface area contributed by atoms with Gasteiger partial charge in [-0.1, -0.05) is 69.6 Å². The van der Waals surface area contributed by atoms with Gasteiger partial charge in [0.1, 0.15) is 13.1 Å². The van der Waals surface area contributed by atoms with E-state index in [1.807, 2.05) is 0 Å². The molecule has 0 saturated carbocycles. The summed E-state index contributed by atoms with van der Waals surface area (Å²) in [7, 11) is 0. The molecule has 0 spiro atoms. The van der Waals surface area contributed by atoms with E-state index in [9.17, 15) is 9.59 Å². The maximum atomic E-state index is 11.1. The van der Waals surface area contributed by atoms with E-state index in [1.54, 1.807) is 0 Å². The molecule has 0 aliphatic heterocycles. The Kier molecular flexibility index (Phi) is 14.0. The zero-order valence-corrected chi connectivity index (χ0v) is 26.4. The third-order valence-electron chi connectivity index (χ3n) is 3.34. The molecule has 1 aromatic carbocycles. The zero-order chi connectivity index (χ0) is 22.9. The number of hydrogen-bond acceptors (Lipinski definition) is 6. The predicted octanol–water partition coefficient (Wildman–Crippen LogP) is -0.837. The number of rotatable bonds is 6. The first-order valence-corrected chi connectivity index (χ1v) is 10.6. The maximum Gasteiger partial charge on any atom is 1.00 e. The molecule has 0 fully saturated rings. The summed E-state index contributed by atoms with van der Waals surface area (Å²) in [5.41, 5.74) is 0.672. The molecule has 166 valence electrons. The minimum atomic E-state index is -2.03. The first-order valence-electron chi connectivity index (χ1n) is 7.57. The van der Waals surface area contributed by atoms with Gasteiger partial charge in [-0.05, 0) is 34.1 Å². The van der Waals surface area contributed by atoms with Crippen molar-refractivity contribution in [3.05, 3.63) is 34.3 Å². The second kappa shape index (κ2) is 13.5. The van der Waals surface area contributed by atoms with Crippen LogP contribution in [0.25, 0.3) is 11.4 Å². The number of carboxylic acids is 2. The molecule has 2 aromatic rings. The number of carbonyl (C=O) groups is 2. The van der Waals surface area contributed by atoms with Crippen LogP contribution in [-0.4, -0.2) is 50.2 Å². The van der Waals surface area contributed by atoms with E-state index in [-0.39, 0.29) is 79.4 Å². The molecule has 17 heteroatoms. The van der Waals surface area contributed by atoms with Gasteiger partial charge in [0.25, 0.3) is 0 Å². The Morgan fingerprint density at radius 3 is 1.69 bits per heavy atom. The number of carboxylic acid groups (broad SMARTS) is 2. The van der Waals surface area contributed by atoms with E-state index in [0.29, 0.717) is 15.7 Å². The zero-order valence-electron chi connectivity index (χ0n) is 18.3. The Balaban J connectivity index is -0.00000240. The van der Waals surface area contributed by atoms with Crippen LogP contribution < -0.4 is 64.0 Å². The van der Waals surface area contributed by atoms with Crippen molar-refractivity contribution in [3.63, 3.8) is 0 Å². The molecule has 0 aliphatic carbocycles. The molecular formula is C15H11BrCl6N4Na2O4. The number of benzene rings is 1. The summed E-state index contributed by atoms with van der Waals surface area (Å²) in [4.78, 5) is 35.3. The van der Waals surface area contributed by atoms with Crippen molar-refractivity contribution < 1.29 is 81.8 Å². The van der Waals surface area contributed by atoms with Crippen LogP contribution in [0.15, 0.2) is 22.7 Å². The van der Waals surface area contributed by atoms with Crippen LogP contribution >= 0.6 is 85.5 Å². The van der Waals surface area contributed by atoms with Crippen LogP contribution in [-0.2, 0) is 17.2 Å². The van der Waals surface area contributed by atoms with Crippen LogP contribution in [0.1, 0.15) is 14.5 Å². The van der Waals surface area contributed by atoms with Gasteiger partial charge in [-0.2, -0.15) is 0 Å². The summed E-state index contributed by atoms with van der Waals surface area (Å²) in [6.07, 6.45) is 0. The van der Waals surface area contributed by atoms with Crippen LogP contribution in [0.4, 0.5) is 5.69 Å². The fourth-order valence-electron chi connectivity index (χ4n) is 2.21. The molecule has 0 aliphatic rings. The molecule has 0 saturated heterocycles. The van der Waals surface area contributed by atoms with E-state index in [4.69, 9.17) is 79.8 Å². The molecular weight excluding hydrogens is 639 g/mol. The van der Waals surface area contributed by atoms with Crippen molar-refractivity contribution in [2.45, 2.75) is 7.59 Å². The molecule has 1 heterocycles. The van der Waals surface area contributed by atoms with Crippen LogP contribution in [0.5, 0.6) is 0 Å². The number of aromatic nitrogens is 3. The maximum absolute atomic E-state index is 11.1. The second-order valence-electron chi connectivity index (χ2n) is 5.61. The number of halogens is 7. The van der Waals surface area contributed by atoms with Crippen molar-refractivity contribution in [2.24, 2.45) is 0 Å². The van der Waals surface area contributed by atoms with Crippen LogP contribution in [0.2, 0.25) is 0 Å². The Labute approximate surface area is 267 Å². The molecule has 0 unspecified atom stereocenters. The average Bonchev–Trinajstić information content (AvgIpc) is 2.58. The fourth-order valence-corrected chi connectivity index (χ4v) is 3.35. The fraction of sp³-hybridized carbons (Fsp3) is 0.267. The smallest absolute Gasteiger partial charge is 1.00 e. The van der Waals surface area contributed by atoms with Gasteiger partial charge in [0.15, 0.2) is 17.5 Å². The normalized spacial score (nSPS) is 11.2. The molecule has 0 bridgehead atoms. The van der Waals surface area contributed by atoms with Gasteiger partial charge in [-0.3, -0.25) is 9.59 Å². The van der Waals surface area contributed by atoms with Crippen molar-refractivity contribution in [2.75, 3.05) is 18.0 Å². The number of alkyl halides is 6. The molecule has 8 nitrogen and oxygen atoms in total. The van der Waals surface area contributed by atoms with Crippen LogP contribution in [0, 0.1) is 0 Å². The van der Waals surface area contributed by atoms with E-state index < -0.39 is 32.6 Å². The number of aliphatic carboxylic acids is 2. The van der Waals surface area contributed by atoms with Gasteiger partial charge in [0.2, 0.25) is 7.59 Å². The summed E-state index contributed by atoms with van der Waals surface area (Å²) in [5.74, 6) is -2.97. The Hall–Kier alpha value is 1.19. The molecule has 1 aromatic heterocycles. The molecule has 2 N–H and O–H groups in total. The van der Waals surface area contributed by atoms with Gasteiger partial charge in [0.05, 0.1) is 5.69 Å². The standard InChI is InChI=1S/C15H9BrCl6N4O4.2Na.2H/c16-7-3-6(1-2-8(7)26(4-9(27)28)5-10(29)30)11-23-12(14(17,18)19)25-13(24-11)15(20,21)22;;;;/h1-3H,4-5H2,(H,27,28)(H,29,30);;;;/q;2*+1;2*-1. The largest absolute Gasteiger partial charge is 1.00 e. The van der Waals surface area contributed by atoms with E-state index in [2.05, 4.69) is 30.9 Å². The Bertz CT molecular complexity index is 956. The molecule has 0 atom stereocenters. The number of nitrogens with zero attached hydrogens (tertiary/aromatic N) is 4. The van der Waals surface area contributed by atoms with Crippen molar-refractivity contribution in [1.82, 2.24) is 15.0 Å². The van der Waals surface area contributed by atoms with Crippen LogP contribution in [0.3, 0.4) is 0 Å². The topological polar surface area (TPSA) is 117 Å². The summed E-state index contributed by atoms with van der Waals surface area (Å²) >= 11 is 38.4. The molecule has 2 rings (SSSR count). The van der Waals surface area contributed by atoms with Crippen molar-refractivity contribution in [3.8, 4) is 11.4 Å². The molecule has 0 amide bonds. The second-order valence-corrected chi connectivity index (χ2v) is 11.0. The summed E-state index contributed by atoms with van der Waals surface area (Å²) in [6, 6.07) is 4.47. The minimum absolute atomic E-state index is 0. The third-order valence-corrected chi connectivity index (χ3v) is 4.99. The van der Waals surface area contributed by atoms with Gasteiger partial charge in [-0.15, -0.1) is 0 Å². The van der Waals surface area contributed by atoms with Gasteiger partial charge in [-0.25, -0.2) is 15.0 Å². The quantitative estimate of drug-likeness (QED) is 0.308. The molecule has 32 heavy (non-hydrogen) atoms.